The van der Waals surface area contributed by atoms with Crippen molar-refractivity contribution in [2.45, 2.75) is 189 Å². The highest BCUT2D eigenvalue weighted by Gasteiger charge is 2.56. The second-order valence-corrected chi connectivity index (χ2v) is 27.9. The minimum Gasteiger partial charge on any atom is -0.463 e. The molecule has 0 aromatic heterocycles. The summed E-state index contributed by atoms with van der Waals surface area (Å²) in [7, 11) is 0. The monoisotopic (exact) mass is 1170 g/mol. The summed E-state index contributed by atoms with van der Waals surface area (Å²) in [5.74, 6) is 7.27. The van der Waals surface area contributed by atoms with Crippen molar-refractivity contribution >= 4 is 11.9 Å². The van der Waals surface area contributed by atoms with E-state index in [1.54, 1.807) is 0 Å². The lowest BCUT2D eigenvalue weighted by atomic mass is 9.72. The van der Waals surface area contributed by atoms with Crippen LogP contribution < -0.4 is 0 Å². The molecule has 0 amide bonds. The predicted octanol–water partition coefficient (Wildman–Crippen LogP) is 6.34. The summed E-state index contributed by atoms with van der Waals surface area (Å²) in [4.78, 5) is 24.4. The van der Waals surface area contributed by atoms with Crippen LogP contribution in [0.1, 0.15) is 116 Å². The van der Waals surface area contributed by atoms with Gasteiger partial charge in [-0.3, -0.25) is 9.59 Å². The van der Waals surface area contributed by atoms with Crippen molar-refractivity contribution in [3.05, 3.63) is 0 Å². The quantitative estimate of drug-likeness (QED) is 0.0589. The summed E-state index contributed by atoms with van der Waals surface area (Å²) in [6.45, 7) is 15.9. The van der Waals surface area contributed by atoms with Crippen molar-refractivity contribution in [3.63, 3.8) is 0 Å². The average Bonchev–Trinajstić information content (AvgIpc) is 3.85. The van der Waals surface area contributed by atoms with Crippen LogP contribution in [-0.4, -0.2) is 217 Å². The second-order valence-electron chi connectivity index (χ2n) is 27.9. The zero-order valence-corrected chi connectivity index (χ0v) is 49.5. The number of hydrogen-bond donors (Lipinski definition) is 0. The Morgan fingerprint density at radius 1 is 0.313 bits per heavy atom. The summed E-state index contributed by atoms with van der Waals surface area (Å²) in [5, 5.41) is 0. The number of ether oxygens (including phenoxy) is 17. The van der Waals surface area contributed by atoms with Gasteiger partial charge in [0.2, 0.25) is 0 Å². The average molecular weight is 1170 g/mol. The lowest BCUT2D eigenvalue weighted by molar-refractivity contribution is -0.162. The molecule has 0 aromatic rings. The lowest BCUT2D eigenvalue weighted by Gasteiger charge is -2.37. The van der Waals surface area contributed by atoms with Crippen LogP contribution in [-0.2, 0) is 90.1 Å². The normalized spacial score (nSPS) is 44.6. The van der Waals surface area contributed by atoms with E-state index in [-0.39, 0.29) is 49.6 Å². The third-order valence-electron chi connectivity index (χ3n) is 21.2. The first-order valence-electron chi connectivity index (χ1n) is 33.3. The second kappa shape index (κ2) is 29.3. The van der Waals surface area contributed by atoms with Crippen molar-refractivity contribution in [3.8, 4) is 0 Å². The SMILES string of the molecule is C(OCC1CO1)C1CC2C3CC(COCC4CO4)C(C3)C2C1.C1CC(C2CCC(OCC3CO3)CC2)CCC1OCC1CO1.C1CC(COCC2CO2)CCC1COCC1CO1.O=C(OCC1CO1)C1CC2OC2CC1C(=O)OCC1CO1. The van der Waals surface area contributed by atoms with Gasteiger partial charge in [0.25, 0.3) is 0 Å². The molecule has 16 aliphatic rings. The molecule has 19 nitrogen and oxygen atoms in total. The van der Waals surface area contributed by atoms with Crippen LogP contribution in [0.3, 0.4) is 0 Å². The first-order valence-corrected chi connectivity index (χ1v) is 33.3. The van der Waals surface area contributed by atoms with Gasteiger partial charge in [-0.25, -0.2) is 0 Å². The summed E-state index contributed by atoms with van der Waals surface area (Å²) >= 11 is 0. The Morgan fingerprint density at radius 3 is 1.08 bits per heavy atom. The molecule has 18 atom stereocenters. The van der Waals surface area contributed by atoms with Crippen LogP contribution in [0.2, 0.25) is 0 Å². The Kier molecular flexibility index (Phi) is 21.3. The van der Waals surface area contributed by atoms with Crippen LogP contribution in [0, 0.1) is 71.0 Å². The predicted molar refractivity (Wildman–Crippen MR) is 296 cm³/mol. The van der Waals surface area contributed by atoms with Gasteiger partial charge in [-0.05, 0) is 175 Å². The van der Waals surface area contributed by atoms with Crippen molar-refractivity contribution in [2.24, 2.45) is 71.0 Å². The standard InChI is InChI=1S/C18H28O4.C18H30O4.C14H18O7.C14H24O4/c1-11(5-19-7-14-9-21-14)2-18-16(1)12-3-13(17(18)4-12)6-20-8-15-10-22-15;1-5-15(19-9-17-11-21-17)6-2-13(1)14-3-7-16(8-4-14)20-10-18-12-22-18;15-13(19-5-7-3-17-7)9-1-11-12(21-11)2-10(9)14(16)20-6-8-4-18-8;1-2-12(6-16-8-14-10-18-14)4-3-11(1)5-15-7-13-9-17-13/h11-18H,1-10H2;13-18H,1-12H2;7-12H,1-6H2;11-14H,1-10H2. The number of fused-ring (bicyclic) bond motifs is 6. The van der Waals surface area contributed by atoms with Crippen molar-refractivity contribution in [2.75, 3.05) is 132 Å². The molecule has 0 spiro atoms. The molecule has 16 rings (SSSR count). The summed E-state index contributed by atoms with van der Waals surface area (Å²) in [6, 6.07) is 0. The van der Waals surface area contributed by atoms with Gasteiger partial charge >= 0.3 is 11.9 Å². The van der Waals surface area contributed by atoms with Gasteiger partial charge in [-0.15, -0.1) is 0 Å². The van der Waals surface area contributed by atoms with Crippen molar-refractivity contribution < 1.29 is 90.1 Å². The molecule has 9 saturated heterocycles. The zero-order chi connectivity index (χ0) is 55.9. The first kappa shape index (κ1) is 60.3. The van der Waals surface area contributed by atoms with E-state index in [0.717, 1.165) is 165 Å². The first-order chi connectivity index (χ1) is 40.8. The highest BCUT2D eigenvalue weighted by molar-refractivity contribution is 5.82. The molecule has 0 N–H and O–H groups in total. The number of hydrogen-bond acceptors (Lipinski definition) is 19. The third kappa shape index (κ3) is 19.7. The van der Waals surface area contributed by atoms with E-state index in [1.165, 1.54) is 103 Å². The fraction of sp³-hybridized carbons (Fsp3) is 0.969. The summed E-state index contributed by atoms with van der Waals surface area (Å²) < 4.78 is 92.2. The molecule has 0 radical (unpaired) electrons. The Balaban J connectivity index is 0.000000104. The van der Waals surface area contributed by atoms with E-state index in [9.17, 15) is 9.59 Å². The van der Waals surface area contributed by atoms with E-state index in [2.05, 4.69) is 0 Å². The topological polar surface area (TPSA) is 221 Å². The largest absolute Gasteiger partial charge is 0.463 e. The molecule has 16 fully saturated rings. The Morgan fingerprint density at radius 2 is 0.675 bits per heavy atom. The van der Waals surface area contributed by atoms with Crippen LogP contribution in [0.4, 0.5) is 0 Å². The van der Waals surface area contributed by atoms with E-state index in [1.807, 2.05) is 0 Å². The van der Waals surface area contributed by atoms with Gasteiger partial charge in [0.05, 0.1) is 129 Å². The maximum Gasteiger partial charge on any atom is 0.310 e. The number of carbonyl (C=O) groups excluding carboxylic acids is 2. The maximum atomic E-state index is 12.2. The highest BCUT2D eigenvalue weighted by atomic mass is 16.6. The van der Waals surface area contributed by atoms with Gasteiger partial charge < -0.3 is 80.5 Å². The molecule has 19 heteroatoms. The smallest absolute Gasteiger partial charge is 0.310 e. The third-order valence-corrected chi connectivity index (χ3v) is 21.2. The molecule has 7 aliphatic carbocycles. The number of carbonyl (C=O) groups is 2. The molecular weight excluding hydrogens is 1070 g/mol. The number of esters is 2. The van der Waals surface area contributed by atoms with E-state index in [4.69, 9.17) is 80.5 Å². The van der Waals surface area contributed by atoms with Crippen LogP contribution in [0.5, 0.6) is 0 Å². The molecule has 9 heterocycles. The molecule has 18 unspecified atom stereocenters. The van der Waals surface area contributed by atoms with Gasteiger partial charge in [-0.2, -0.15) is 0 Å². The minimum absolute atomic E-state index is 0.0277. The van der Waals surface area contributed by atoms with Gasteiger partial charge in [0, 0.05) is 26.4 Å². The summed E-state index contributed by atoms with van der Waals surface area (Å²) in [5.41, 5.74) is 0. The Bertz CT molecular complexity index is 1880. The lowest BCUT2D eigenvalue weighted by Crippen LogP contribution is -2.38. The Labute approximate surface area is 492 Å². The molecular formula is C64H100O19. The number of epoxide rings is 9. The van der Waals surface area contributed by atoms with Crippen LogP contribution in [0.15, 0.2) is 0 Å². The fourth-order valence-corrected chi connectivity index (χ4v) is 15.4. The van der Waals surface area contributed by atoms with Gasteiger partial charge in [0.1, 0.15) is 62.0 Å². The van der Waals surface area contributed by atoms with Gasteiger partial charge in [-0.1, -0.05) is 0 Å². The number of rotatable bonds is 29. The fourth-order valence-electron chi connectivity index (χ4n) is 15.4. The van der Waals surface area contributed by atoms with Gasteiger partial charge in [0.15, 0.2) is 0 Å². The van der Waals surface area contributed by atoms with E-state index in [0.29, 0.717) is 74.9 Å². The zero-order valence-electron chi connectivity index (χ0n) is 49.5. The maximum absolute atomic E-state index is 12.2. The molecule has 9 aliphatic heterocycles. The van der Waals surface area contributed by atoms with Crippen molar-refractivity contribution in [1.29, 1.82) is 0 Å². The minimum atomic E-state index is -0.472. The Hall–Kier alpha value is -1.66. The molecule has 83 heavy (non-hydrogen) atoms. The van der Waals surface area contributed by atoms with Crippen LogP contribution >= 0.6 is 0 Å². The molecule has 2 bridgehead atoms. The molecule has 0 aromatic carbocycles. The molecule has 7 saturated carbocycles. The summed E-state index contributed by atoms with van der Waals surface area (Å²) in [6.07, 6.45) is 26.1. The van der Waals surface area contributed by atoms with E-state index < -0.39 is 11.8 Å². The molecule has 470 valence electrons. The van der Waals surface area contributed by atoms with Crippen molar-refractivity contribution in [1.82, 2.24) is 0 Å². The van der Waals surface area contributed by atoms with E-state index >= 15 is 0 Å². The highest BCUT2D eigenvalue weighted by Crippen LogP contribution is 2.62. The van der Waals surface area contributed by atoms with Crippen LogP contribution in [0.25, 0.3) is 0 Å².